The van der Waals surface area contributed by atoms with Crippen LogP contribution in [0, 0.1) is 0 Å². The van der Waals surface area contributed by atoms with Crippen molar-refractivity contribution in [2.24, 2.45) is 0 Å². The molecule has 0 aromatic heterocycles. The molecule has 0 radical (unpaired) electrons. The van der Waals surface area contributed by atoms with Crippen molar-refractivity contribution in [2.45, 2.75) is 0 Å². The summed E-state index contributed by atoms with van der Waals surface area (Å²) in [5.41, 5.74) is 0. The van der Waals surface area contributed by atoms with Gasteiger partial charge in [0.25, 0.3) is 0 Å². The van der Waals surface area contributed by atoms with Crippen LogP contribution in [0.3, 0.4) is 0 Å². The average molecular weight is 114 g/mol. The number of rotatable bonds is 1. The fourth-order valence-electron chi connectivity index (χ4n) is 0.346. The van der Waals surface area contributed by atoms with Gasteiger partial charge in [-0.25, -0.2) is 0 Å². The van der Waals surface area contributed by atoms with Crippen LogP contribution >= 0.6 is 0 Å². The molecule has 1 rings (SSSR count). The minimum Gasteiger partial charge on any atom is -0.466 e. The van der Waals surface area contributed by atoms with E-state index in [2.05, 4.69) is 9.47 Å². The molecule has 3 heteroatoms. The second-order valence-corrected chi connectivity index (χ2v) is 1.17. The second kappa shape index (κ2) is 2.26. The van der Waals surface area contributed by atoms with E-state index in [-0.39, 0.29) is 0 Å². The van der Waals surface area contributed by atoms with Gasteiger partial charge >= 0.3 is 5.95 Å². The summed E-state index contributed by atoms with van der Waals surface area (Å²) in [4.78, 5) is 0. The van der Waals surface area contributed by atoms with E-state index in [0.717, 1.165) is 0 Å². The average Bonchev–Trinajstić information content (AvgIpc) is 1.90. The Bertz CT molecular complexity index is 126. The molecule has 3 nitrogen and oxygen atoms in total. The molecule has 0 unspecified atom stereocenters. The molecule has 1 aliphatic rings. The Morgan fingerprint density at radius 1 is 1.50 bits per heavy atom. The van der Waals surface area contributed by atoms with E-state index < -0.39 is 0 Å². The zero-order valence-electron chi connectivity index (χ0n) is 4.46. The Hall–Kier alpha value is -1.12. The number of methoxy groups -OCH3 is 1. The Balaban J connectivity index is 2.43. The molecular formula is C5H6O3. The molecule has 1 aliphatic heterocycles. The standard InChI is InChI=1S/C5H6O3/c1-6-5-4-7-2-3-8-5/h2-4H,1H3. The van der Waals surface area contributed by atoms with Crippen molar-refractivity contribution in [3.8, 4) is 0 Å². The molecular weight excluding hydrogens is 108 g/mol. The van der Waals surface area contributed by atoms with Crippen LogP contribution < -0.4 is 0 Å². The first-order valence-corrected chi connectivity index (χ1v) is 2.15. The van der Waals surface area contributed by atoms with Crippen molar-refractivity contribution in [2.75, 3.05) is 7.11 Å². The smallest absolute Gasteiger partial charge is 0.320 e. The van der Waals surface area contributed by atoms with E-state index in [1.165, 1.54) is 25.9 Å². The first kappa shape index (κ1) is 5.03. The maximum absolute atomic E-state index is 4.76. The van der Waals surface area contributed by atoms with Crippen molar-refractivity contribution in [3.05, 3.63) is 24.7 Å². The summed E-state index contributed by atoms with van der Waals surface area (Å²) in [6.45, 7) is 0. The molecule has 0 spiro atoms. The number of hydrogen-bond donors (Lipinski definition) is 0. The van der Waals surface area contributed by atoms with Crippen molar-refractivity contribution >= 4 is 0 Å². The van der Waals surface area contributed by atoms with Gasteiger partial charge in [0.2, 0.25) is 0 Å². The highest BCUT2D eigenvalue weighted by Crippen LogP contribution is 2.03. The van der Waals surface area contributed by atoms with Crippen molar-refractivity contribution < 1.29 is 14.2 Å². The van der Waals surface area contributed by atoms with Gasteiger partial charge in [0, 0.05) is 0 Å². The predicted molar refractivity (Wildman–Crippen MR) is 26.4 cm³/mol. The molecule has 0 fully saturated rings. The maximum atomic E-state index is 4.76. The van der Waals surface area contributed by atoms with Crippen LogP contribution in [0.5, 0.6) is 0 Å². The van der Waals surface area contributed by atoms with E-state index in [9.17, 15) is 0 Å². The van der Waals surface area contributed by atoms with Crippen LogP contribution in [0.2, 0.25) is 0 Å². The lowest BCUT2D eigenvalue weighted by Gasteiger charge is -2.05. The quantitative estimate of drug-likeness (QED) is 0.508. The third kappa shape index (κ3) is 0.932. The van der Waals surface area contributed by atoms with Crippen LogP contribution in [-0.4, -0.2) is 7.11 Å². The van der Waals surface area contributed by atoms with Crippen LogP contribution in [0.25, 0.3) is 0 Å². The first-order chi connectivity index (χ1) is 3.93. The highest BCUT2D eigenvalue weighted by molar-refractivity contribution is 4.85. The molecule has 0 saturated carbocycles. The lowest BCUT2D eigenvalue weighted by Crippen LogP contribution is -1.92. The van der Waals surface area contributed by atoms with Crippen LogP contribution in [0.15, 0.2) is 24.7 Å². The number of hydrogen-bond acceptors (Lipinski definition) is 3. The number of ether oxygens (including phenoxy) is 3. The third-order valence-electron chi connectivity index (χ3n) is 0.684. The summed E-state index contributed by atoms with van der Waals surface area (Å²) in [7, 11) is 1.51. The molecule has 0 saturated heterocycles. The van der Waals surface area contributed by atoms with Gasteiger partial charge in [0.05, 0.1) is 7.11 Å². The minimum absolute atomic E-state index is 0.368. The van der Waals surface area contributed by atoms with Crippen LogP contribution in [0.4, 0.5) is 0 Å². The van der Waals surface area contributed by atoms with E-state index in [1.54, 1.807) is 0 Å². The zero-order chi connectivity index (χ0) is 5.82. The lowest BCUT2D eigenvalue weighted by atomic mass is 10.8. The third-order valence-corrected chi connectivity index (χ3v) is 0.684. The van der Waals surface area contributed by atoms with Gasteiger partial charge in [0.15, 0.2) is 6.26 Å². The molecule has 0 N–H and O–H groups in total. The Labute approximate surface area is 47.2 Å². The van der Waals surface area contributed by atoms with Crippen LogP contribution in [-0.2, 0) is 14.2 Å². The summed E-state index contributed by atoms with van der Waals surface area (Å²) in [5.74, 6) is 0.368. The highest BCUT2D eigenvalue weighted by atomic mass is 16.7. The maximum Gasteiger partial charge on any atom is 0.320 e. The van der Waals surface area contributed by atoms with Crippen molar-refractivity contribution in [3.63, 3.8) is 0 Å². The monoisotopic (exact) mass is 114 g/mol. The Kier molecular flexibility index (Phi) is 1.42. The Morgan fingerprint density at radius 3 is 2.75 bits per heavy atom. The largest absolute Gasteiger partial charge is 0.466 e. The van der Waals surface area contributed by atoms with E-state index in [0.29, 0.717) is 5.95 Å². The molecule has 0 aromatic rings. The molecule has 0 aromatic carbocycles. The Morgan fingerprint density at radius 2 is 2.38 bits per heavy atom. The predicted octanol–water partition coefficient (Wildman–Crippen LogP) is 0.950. The zero-order valence-corrected chi connectivity index (χ0v) is 4.46. The summed E-state index contributed by atoms with van der Waals surface area (Å²) >= 11 is 0. The molecule has 1 heterocycles. The van der Waals surface area contributed by atoms with Gasteiger partial charge in [0.1, 0.15) is 12.5 Å². The SMILES string of the molecule is COC1=COC=CO1. The first-order valence-electron chi connectivity index (χ1n) is 2.15. The van der Waals surface area contributed by atoms with Gasteiger partial charge < -0.3 is 14.2 Å². The van der Waals surface area contributed by atoms with Crippen molar-refractivity contribution in [1.29, 1.82) is 0 Å². The molecule has 0 atom stereocenters. The van der Waals surface area contributed by atoms with Gasteiger partial charge in [-0.3, -0.25) is 0 Å². The van der Waals surface area contributed by atoms with Gasteiger partial charge in [-0.1, -0.05) is 0 Å². The molecule has 0 bridgehead atoms. The van der Waals surface area contributed by atoms with Gasteiger partial charge in [-0.15, -0.1) is 0 Å². The molecule has 0 aliphatic carbocycles. The van der Waals surface area contributed by atoms with E-state index >= 15 is 0 Å². The summed E-state index contributed by atoms with van der Waals surface area (Å²) in [6.07, 6.45) is 4.20. The van der Waals surface area contributed by atoms with E-state index in [4.69, 9.17) is 4.74 Å². The molecule has 0 amide bonds. The highest BCUT2D eigenvalue weighted by Gasteiger charge is 1.96. The van der Waals surface area contributed by atoms with E-state index in [1.807, 2.05) is 0 Å². The summed E-state index contributed by atoms with van der Waals surface area (Å²) in [6, 6.07) is 0. The normalized spacial score (nSPS) is 15.9. The topological polar surface area (TPSA) is 27.7 Å². The fraction of sp³-hybridized carbons (Fsp3) is 0.200. The fourth-order valence-corrected chi connectivity index (χ4v) is 0.346. The summed E-state index contributed by atoms with van der Waals surface area (Å²) < 4.78 is 14.1. The lowest BCUT2D eigenvalue weighted by molar-refractivity contribution is 0.0890. The van der Waals surface area contributed by atoms with Gasteiger partial charge in [-0.2, -0.15) is 0 Å². The molecule has 8 heavy (non-hydrogen) atoms. The second-order valence-electron chi connectivity index (χ2n) is 1.17. The van der Waals surface area contributed by atoms with Crippen molar-refractivity contribution in [1.82, 2.24) is 0 Å². The van der Waals surface area contributed by atoms with Gasteiger partial charge in [-0.05, 0) is 0 Å². The summed E-state index contributed by atoms with van der Waals surface area (Å²) in [5, 5.41) is 0. The minimum atomic E-state index is 0.368. The molecule has 44 valence electrons. The van der Waals surface area contributed by atoms with Crippen LogP contribution in [0.1, 0.15) is 0 Å².